The van der Waals surface area contributed by atoms with Crippen LogP contribution in [-0.4, -0.2) is 36.0 Å². The third-order valence-corrected chi connectivity index (χ3v) is 2.76. The van der Waals surface area contributed by atoms with E-state index in [1.54, 1.807) is 0 Å². The second-order valence-corrected chi connectivity index (χ2v) is 4.37. The van der Waals surface area contributed by atoms with Gasteiger partial charge in [-0.05, 0) is 19.9 Å². The summed E-state index contributed by atoms with van der Waals surface area (Å²) in [5.74, 6) is -1.71. The summed E-state index contributed by atoms with van der Waals surface area (Å²) in [6.07, 6.45) is -1.23. The number of nitro benzene ring substituents is 1. The Hall–Kier alpha value is -2.97. The van der Waals surface area contributed by atoms with Crippen LogP contribution >= 0.6 is 0 Å². The number of carbonyl (C=O) groups is 3. The Balaban J connectivity index is 2.81. The van der Waals surface area contributed by atoms with Gasteiger partial charge < -0.3 is 10.1 Å². The number of esters is 1. The molecule has 1 rings (SSSR count). The number of carbonyl (C=O) groups excluding carboxylic acids is 3. The molecule has 3 amide bonds. The molecule has 0 saturated heterocycles. The maximum Gasteiger partial charge on any atom is 0.339 e. The van der Waals surface area contributed by atoms with Crippen LogP contribution in [0.3, 0.4) is 0 Å². The highest BCUT2D eigenvalue weighted by Gasteiger charge is 2.22. The zero-order chi connectivity index (χ0) is 16.9. The van der Waals surface area contributed by atoms with Crippen molar-refractivity contribution in [1.29, 1.82) is 0 Å². The number of urea groups is 1. The van der Waals surface area contributed by atoms with Crippen molar-refractivity contribution >= 4 is 23.6 Å². The Morgan fingerprint density at radius 3 is 2.50 bits per heavy atom. The Morgan fingerprint density at radius 1 is 1.32 bits per heavy atom. The van der Waals surface area contributed by atoms with E-state index in [0.717, 1.165) is 6.07 Å². The molecule has 0 aromatic heterocycles. The van der Waals surface area contributed by atoms with Gasteiger partial charge in [0.05, 0.1) is 10.5 Å². The molecular weight excluding hydrogens is 294 g/mol. The fourth-order valence-electron chi connectivity index (χ4n) is 1.49. The number of rotatable bonds is 4. The maximum absolute atomic E-state index is 11.9. The predicted molar refractivity (Wildman–Crippen MR) is 75.3 cm³/mol. The predicted octanol–water partition coefficient (Wildman–Crippen LogP) is 0.904. The second-order valence-electron chi connectivity index (χ2n) is 4.37. The highest BCUT2D eigenvalue weighted by Crippen LogP contribution is 2.20. The lowest BCUT2D eigenvalue weighted by atomic mass is 10.1. The van der Waals surface area contributed by atoms with Crippen molar-refractivity contribution in [3.63, 3.8) is 0 Å². The minimum atomic E-state index is -1.23. The average Bonchev–Trinajstić information content (AvgIpc) is 2.46. The Labute approximate surface area is 125 Å². The van der Waals surface area contributed by atoms with Crippen LogP contribution in [0.2, 0.25) is 0 Å². The van der Waals surface area contributed by atoms with Gasteiger partial charge in [0.25, 0.3) is 11.6 Å². The van der Waals surface area contributed by atoms with E-state index in [2.05, 4.69) is 5.32 Å². The van der Waals surface area contributed by atoms with Gasteiger partial charge in [0.15, 0.2) is 6.10 Å². The SMILES string of the molecule is CNC(=O)NC(=O)[C@H](C)OC(=O)c1ccc(C)c([N+](=O)[O-])c1. The van der Waals surface area contributed by atoms with Gasteiger partial charge in [-0.25, -0.2) is 9.59 Å². The van der Waals surface area contributed by atoms with Crippen LogP contribution < -0.4 is 10.6 Å². The number of nitro groups is 1. The molecule has 2 N–H and O–H groups in total. The topological polar surface area (TPSA) is 128 Å². The lowest BCUT2D eigenvalue weighted by Gasteiger charge is -2.12. The van der Waals surface area contributed by atoms with E-state index >= 15 is 0 Å². The third kappa shape index (κ3) is 4.27. The smallest absolute Gasteiger partial charge is 0.339 e. The molecule has 0 heterocycles. The van der Waals surface area contributed by atoms with Crippen LogP contribution in [0.5, 0.6) is 0 Å². The summed E-state index contributed by atoms with van der Waals surface area (Å²) in [7, 11) is 1.32. The largest absolute Gasteiger partial charge is 0.449 e. The lowest BCUT2D eigenvalue weighted by Crippen LogP contribution is -2.43. The quantitative estimate of drug-likeness (QED) is 0.483. The molecule has 0 bridgehead atoms. The number of aryl methyl sites for hydroxylation is 1. The van der Waals surface area contributed by atoms with Crippen molar-refractivity contribution in [2.24, 2.45) is 0 Å². The maximum atomic E-state index is 11.9. The number of amides is 3. The van der Waals surface area contributed by atoms with Crippen molar-refractivity contribution in [2.75, 3.05) is 7.05 Å². The molecule has 0 spiro atoms. The van der Waals surface area contributed by atoms with Gasteiger partial charge in [0.1, 0.15) is 0 Å². The van der Waals surface area contributed by atoms with Crippen LogP contribution in [0.15, 0.2) is 18.2 Å². The monoisotopic (exact) mass is 309 g/mol. The third-order valence-electron chi connectivity index (χ3n) is 2.76. The minimum absolute atomic E-state index is 0.0584. The van der Waals surface area contributed by atoms with Gasteiger partial charge in [-0.15, -0.1) is 0 Å². The molecule has 1 aromatic rings. The van der Waals surface area contributed by atoms with Crippen LogP contribution in [-0.2, 0) is 9.53 Å². The summed E-state index contributed by atoms with van der Waals surface area (Å²) < 4.78 is 4.86. The fourth-order valence-corrected chi connectivity index (χ4v) is 1.49. The van der Waals surface area contributed by atoms with E-state index < -0.39 is 28.9 Å². The van der Waals surface area contributed by atoms with Gasteiger partial charge in [-0.1, -0.05) is 6.07 Å². The molecule has 0 saturated carbocycles. The molecule has 9 heteroatoms. The van der Waals surface area contributed by atoms with E-state index in [0.29, 0.717) is 5.56 Å². The molecule has 118 valence electrons. The summed E-state index contributed by atoms with van der Waals surface area (Å²) in [5, 5.41) is 15.0. The molecule has 9 nitrogen and oxygen atoms in total. The van der Waals surface area contributed by atoms with E-state index in [-0.39, 0.29) is 11.3 Å². The highest BCUT2D eigenvalue weighted by molar-refractivity contribution is 5.98. The second kappa shape index (κ2) is 7.16. The number of hydrogen-bond donors (Lipinski definition) is 2. The van der Waals surface area contributed by atoms with Crippen LogP contribution in [0, 0.1) is 17.0 Å². The van der Waals surface area contributed by atoms with Crippen LogP contribution in [0.25, 0.3) is 0 Å². The first-order valence-corrected chi connectivity index (χ1v) is 6.25. The first kappa shape index (κ1) is 17.1. The van der Waals surface area contributed by atoms with Crippen LogP contribution in [0.4, 0.5) is 10.5 Å². The molecule has 22 heavy (non-hydrogen) atoms. The van der Waals surface area contributed by atoms with Crippen molar-refractivity contribution < 1.29 is 24.0 Å². The molecule has 0 radical (unpaired) electrons. The molecule has 0 aliphatic rings. The van der Waals surface area contributed by atoms with Gasteiger partial charge >= 0.3 is 12.0 Å². The normalized spacial score (nSPS) is 11.2. The number of benzene rings is 1. The summed E-state index contributed by atoms with van der Waals surface area (Å²) in [4.78, 5) is 44.6. The van der Waals surface area contributed by atoms with Crippen LogP contribution in [0.1, 0.15) is 22.8 Å². The number of nitrogens with zero attached hydrogens (tertiary/aromatic N) is 1. The number of hydrogen-bond acceptors (Lipinski definition) is 6. The van der Waals surface area contributed by atoms with E-state index in [4.69, 9.17) is 4.74 Å². The first-order valence-electron chi connectivity index (χ1n) is 6.25. The van der Waals surface area contributed by atoms with E-state index in [9.17, 15) is 24.5 Å². The summed E-state index contributed by atoms with van der Waals surface area (Å²) >= 11 is 0. The number of nitrogens with one attached hydrogen (secondary N) is 2. The number of ether oxygens (including phenoxy) is 1. The molecule has 0 unspecified atom stereocenters. The molecule has 0 aliphatic heterocycles. The lowest BCUT2D eigenvalue weighted by molar-refractivity contribution is -0.385. The van der Waals surface area contributed by atoms with Gasteiger partial charge in [-0.2, -0.15) is 0 Å². The molecular formula is C13H15N3O6. The summed E-state index contributed by atoms with van der Waals surface area (Å²) in [6.45, 7) is 2.81. The van der Waals surface area contributed by atoms with Crippen molar-refractivity contribution in [3.05, 3.63) is 39.4 Å². The Kier molecular flexibility index (Phi) is 5.56. The fraction of sp³-hybridized carbons (Fsp3) is 0.308. The van der Waals surface area contributed by atoms with Crippen molar-refractivity contribution in [1.82, 2.24) is 10.6 Å². The highest BCUT2D eigenvalue weighted by atomic mass is 16.6. The van der Waals surface area contributed by atoms with Gasteiger partial charge in [0.2, 0.25) is 0 Å². The molecule has 1 atom stereocenters. The average molecular weight is 309 g/mol. The summed E-state index contributed by atoms with van der Waals surface area (Å²) in [6, 6.07) is 3.10. The van der Waals surface area contributed by atoms with Gasteiger partial charge in [0, 0.05) is 18.7 Å². The Morgan fingerprint density at radius 2 is 1.95 bits per heavy atom. The minimum Gasteiger partial charge on any atom is -0.449 e. The molecule has 1 aromatic carbocycles. The van der Waals surface area contributed by atoms with E-state index in [1.165, 1.54) is 33.0 Å². The molecule has 0 fully saturated rings. The van der Waals surface area contributed by atoms with Gasteiger partial charge in [-0.3, -0.25) is 20.2 Å². The van der Waals surface area contributed by atoms with Crippen molar-refractivity contribution in [3.8, 4) is 0 Å². The number of imide groups is 1. The zero-order valence-electron chi connectivity index (χ0n) is 12.2. The zero-order valence-corrected chi connectivity index (χ0v) is 12.2. The standard InChI is InChI=1S/C13H15N3O6/c1-7-4-5-9(6-10(7)16(20)21)12(18)22-8(2)11(17)15-13(19)14-3/h4-6,8H,1-3H3,(H2,14,15,17,19)/t8-/m0/s1. The molecule has 0 aliphatic carbocycles. The Bertz CT molecular complexity index is 628. The summed E-state index contributed by atoms with van der Waals surface area (Å²) in [5.41, 5.74) is 0.112. The first-order chi connectivity index (χ1) is 10.3. The van der Waals surface area contributed by atoms with E-state index in [1.807, 2.05) is 5.32 Å². The van der Waals surface area contributed by atoms with Crippen molar-refractivity contribution in [2.45, 2.75) is 20.0 Å².